The van der Waals surface area contributed by atoms with Crippen molar-refractivity contribution in [3.05, 3.63) is 23.5 Å². The van der Waals surface area contributed by atoms with E-state index >= 15 is 0 Å². The minimum Gasteiger partial charge on any atom is -0.397 e. The average molecular weight is 270 g/mol. The van der Waals surface area contributed by atoms with Crippen LogP contribution in [-0.2, 0) is 0 Å². The van der Waals surface area contributed by atoms with Gasteiger partial charge in [-0.25, -0.2) is 0 Å². The third-order valence-electron chi connectivity index (χ3n) is 6.14. The van der Waals surface area contributed by atoms with Gasteiger partial charge in [-0.15, -0.1) is 0 Å². The molecule has 2 nitrogen and oxygen atoms in total. The first-order valence-electron chi connectivity index (χ1n) is 8.37. The minimum atomic E-state index is 0.526. The summed E-state index contributed by atoms with van der Waals surface area (Å²) in [5.74, 6) is 5.12. The quantitative estimate of drug-likeness (QED) is 0.869. The first-order valence-corrected chi connectivity index (χ1v) is 8.37. The van der Waals surface area contributed by atoms with Gasteiger partial charge in [0, 0.05) is 11.6 Å². The molecule has 0 atom stereocenters. The van der Waals surface area contributed by atoms with Crippen molar-refractivity contribution in [2.45, 2.75) is 57.8 Å². The highest BCUT2D eigenvalue weighted by atomic mass is 14.8. The number of nitrogens with two attached hydrogens (primary N) is 1. The van der Waals surface area contributed by atoms with Gasteiger partial charge >= 0.3 is 0 Å². The van der Waals surface area contributed by atoms with Crippen LogP contribution in [0.5, 0.6) is 0 Å². The second-order valence-electron chi connectivity index (χ2n) is 7.85. The molecule has 0 radical (unpaired) electrons. The highest BCUT2D eigenvalue weighted by molar-refractivity contribution is 5.43. The average Bonchev–Trinajstić information content (AvgIpc) is 2.38. The maximum absolute atomic E-state index is 5.98. The Hall–Kier alpha value is -1.05. The molecule has 0 aliphatic heterocycles. The summed E-state index contributed by atoms with van der Waals surface area (Å²) in [6, 6.07) is 2.18. The Balaban J connectivity index is 1.74. The summed E-state index contributed by atoms with van der Waals surface area (Å²) in [7, 11) is 0. The van der Waals surface area contributed by atoms with Gasteiger partial charge in [-0.2, -0.15) is 0 Å². The lowest BCUT2D eigenvalue weighted by Crippen LogP contribution is -2.44. The molecule has 2 N–H and O–H groups in total. The molecule has 4 aliphatic carbocycles. The summed E-state index contributed by atoms with van der Waals surface area (Å²) in [4.78, 5) is 4.82. The molecule has 0 aromatic carbocycles. The van der Waals surface area contributed by atoms with E-state index in [9.17, 15) is 0 Å². The van der Waals surface area contributed by atoms with Gasteiger partial charge in [0.1, 0.15) is 0 Å². The summed E-state index contributed by atoms with van der Waals surface area (Å²) < 4.78 is 0. The van der Waals surface area contributed by atoms with Crippen LogP contribution in [0.25, 0.3) is 0 Å². The summed E-state index contributed by atoms with van der Waals surface area (Å²) >= 11 is 0. The van der Waals surface area contributed by atoms with Crippen LogP contribution in [0.15, 0.2) is 12.3 Å². The minimum absolute atomic E-state index is 0.526. The van der Waals surface area contributed by atoms with Crippen molar-refractivity contribution in [1.29, 1.82) is 0 Å². The molecule has 1 aromatic rings. The summed E-state index contributed by atoms with van der Waals surface area (Å²) in [5.41, 5.74) is 9.59. The molecule has 5 rings (SSSR count). The largest absolute Gasteiger partial charge is 0.397 e. The van der Waals surface area contributed by atoms with E-state index in [4.69, 9.17) is 10.7 Å². The second-order valence-corrected chi connectivity index (χ2v) is 7.85. The van der Waals surface area contributed by atoms with Crippen molar-refractivity contribution >= 4 is 5.69 Å². The Morgan fingerprint density at radius 1 is 1.05 bits per heavy atom. The molecule has 1 heterocycles. The zero-order valence-corrected chi connectivity index (χ0v) is 12.7. The maximum atomic E-state index is 5.98. The van der Waals surface area contributed by atoms with E-state index in [-0.39, 0.29) is 0 Å². The zero-order valence-electron chi connectivity index (χ0n) is 12.7. The van der Waals surface area contributed by atoms with Crippen LogP contribution < -0.4 is 5.73 Å². The topological polar surface area (TPSA) is 38.9 Å². The van der Waals surface area contributed by atoms with Gasteiger partial charge in [0.25, 0.3) is 0 Å². The second kappa shape index (κ2) is 4.47. The first kappa shape index (κ1) is 12.7. The van der Waals surface area contributed by atoms with Gasteiger partial charge in [0.15, 0.2) is 0 Å². The lowest BCUT2D eigenvalue weighted by molar-refractivity contribution is -0.00451. The molecule has 0 amide bonds. The van der Waals surface area contributed by atoms with E-state index in [0.29, 0.717) is 5.92 Å². The Morgan fingerprint density at radius 2 is 1.65 bits per heavy atom. The van der Waals surface area contributed by atoms with Crippen molar-refractivity contribution < 1.29 is 0 Å². The lowest BCUT2D eigenvalue weighted by atomic mass is 9.51. The van der Waals surface area contributed by atoms with Crippen molar-refractivity contribution in [3.8, 4) is 0 Å². The van der Waals surface area contributed by atoms with Crippen LogP contribution >= 0.6 is 0 Å². The van der Waals surface area contributed by atoms with Crippen LogP contribution in [0.3, 0.4) is 0 Å². The Morgan fingerprint density at radius 3 is 2.20 bits per heavy atom. The summed E-state index contributed by atoms with van der Waals surface area (Å²) in [6.45, 7) is 4.55. The third kappa shape index (κ3) is 1.88. The molecule has 1 aromatic heterocycles. The number of nitrogens with zero attached hydrogens (tertiary/aromatic N) is 1. The molecule has 4 bridgehead atoms. The monoisotopic (exact) mass is 270 g/mol. The number of rotatable bonds is 2. The van der Waals surface area contributed by atoms with Gasteiger partial charge in [-0.3, -0.25) is 4.98 Å². The molecule has 4 aliphatic rings. The van der Waals surface area contributed by atoms with Crippen LogP contribution in [0.4, 0.5) is 5.69 Å². The zero-order chi connectivity index (χ0) is 13.9. The fourth-order valence-electron chi connectivity index (χ4n) is 5.62. The van der Waals surface area contributed by atoms with Gasteiger partial charge in [0.05, 0.1) is 11.9 Å². The van der Waals surface area contributed by atoms with E-state index < -0.39 is 0 Å². The van der Waals surface area contributed by atoms with Crippen molar-refractivity contribution in [2.24, 2.45) is 23.7 Å². The van der Waals surface area contributed by atoms with Crippen LogP contribution in [-0.4, -0.2) is 4.98 Å². The summed E-state index contributed by atoms with van der Waals surface area (Å²) in [6.07, 6.45) is 9.24. The molecule has 0 spiro atoms. The molecular formula is C18H26N2. The predicted octanol–water partition coefficient (Wildman–Crippen LogP) is 4.33. The molecule has 0 saturated heterocycles. The lowest BCUT2D eigenvalue weighted by Gasteiger charge is -2.54. The van der Waals surface area contributed by atoms with Gasteiger partial charge < -0.3 is 5.73 Å². The molecule has 108 valence electrons. The molecule has 20 heavy (non-hydrogen) atoms. The highest BCUT2D eigenvalue weighted by Crippen LogP contribution is 2.60. The number of aromatic nitrogens is 1. The Bertz CT molecular complexity index is 492. The van der Waals surface area contributed by atoms with E-state index in [1.165, 1.54) is 43.4 Å². The summed E-state index contributed by atoms with van der Waals surface area (Å²) in [5, 5.41) is 0. The molecule has 0 unspecified atom stereocenters. The van der Waals surface area contributed by atoms with Crippen molar-refractivity contribution in [3.63, 3.8) is 0 Å². The smallest absolute Gasteiger partial charge is 0.0503 e. The van der Waals surface area contributed by atoms with Crippen LogP contribution in [0.1, 0.15) is 69.0 Å². The number of anilines is 1. The maximum Gasteiger partial charge on any atom is 0.0503 e. The third-order valence-corrected chi connectivity index (χ3v) is 6.14. The molecule has 4 fully saturated rings. The Labute approximate surface area is 122 Å². The standard InChI is InChI=1S/C18H26N2/c1-10(2)16-8-15(19)9-20-18(16)17-13-4-11-3-12(6-13)7-14(17)5-11/h8-14,17H,3-7,19H2,1-2H3. The number of pyridine rings is 1. The highest BCUT2D eigenvalue weighted by Gasteiger charge is 2.49. The predicted molar refractivity (Wildman–Crippen MR) is 82.5 cm³/mol. The van der Waals surface area contributed by atoms with E-state index in [0.717, 1.165) is 35.3 Å². The SMILES string of the molecule is CC(C)c1cc(N)cnc1C1C2CC3CC(C2)CC1C3. The number of hydrogen-bond acceptors (Lipinski definition) is 2. The van der Waals surface area contributed by atoms with Crippen LogP contribution in [0.2, 0.25) is 0 Å². The fourth-order valence-corrected chi connectivity index (χ4v) is 5.62. The van der Waals surface area contributed by atoms with E-state index in [1.807, 2.05) is 6.20 Å². The van der Waals surface area contributed by atoms with Crippen LogP contribution in [0, 0.1) is 23.7 Å². The van der Waals surface area contributed by atoms with E-state index in [2.05, 4.69) is 19.9 Å². The molecule has 2 heteroatoms. The Kier molecular flexibility index (Phi) is 2.84. The number of nitrogen functional groups attached to an aromatic ring is 1. The first-order chi connectivity index (χ1) is 9.61. The molecule has 4 saturated carbocycles. The van der Waals surface area contributed by atoms with E-state index in [1.54, 1.807) is 0 Å². The fraction of sp³-hybridized carbons (Fsp3) is 0.722. The van der Waals surface area contributed by atoms with Crippen molar-refractivity contribution in [2.75, 3.05) is 5.73 Å². The van der Waals surface area contributed by atoms with Crippen molar-refractivity contribution in [1.82, 2.24) is 4.98 Å². The molecular weight excluding hydrogens is 244 g/mol. The van der Waals surface area contributed by atoms with Gasteiger partial charge in [-0.05, 0) is 73.3 Å². The van der Waals surface area contributed by atoms with Gasteiger partial charge in [-0.1, -0.05) is 13.8 Å². The van der Waals surface area contributed by atoms with Gasteiger partial charge in [0.2, 0.25) is 0 Å². The number of hydrogen-bond donors (Lipinski definition) is 1. The normalized spacial score (nSPS) is 38.6.